The highest BCUT2D eigenvalue weighted by atomic mass is 16.2. The number of nitrogens with one attached hydrogen (secondary N) is 1. The van der Waals surface area contributed by atoms with Gasteiger partial charge in [0.1, 0.15) is 0 Å². The number of carbonyl (C=O) groups excluding carboxylic acids is 3. The van der Waals surface area contributed by atoms with Gasteiger partial charge in [-0.2, -0.15) is 0 Å². The van der Waals surface area contributed by atoms with Gasteiger partial charge in [-0.25, -0.2) is 0 Å². The van der Waals surface area contributed by atoms with E-state index in [-0.39, 0.29) is 30.6 Å². The molecule has 33 heavy (non-hydrogen) atoms. The second kappa shape index (κ2) is 11.1. The van der Waals surface area contributed by atoms with Crippen LogP contribution in [-0.2, 0) is 16.1 Å². The minimum Gasteiger partial charge on any atom is -0.341 e. The number of rotatable bonds is 7. The molecule has 2 aromatic rings. The minimum absolute atomic E-state index is 0.0511. The summed E-state index contributed by atoms with van der Waals surface area (Å²) in [6.07, 6.45) is 4.67. The maximum absolute atomic E-state index is 13.3. The zero-order chi connectivity index (χ0) is 24.0. The third kappa shape index (κ3) is 6.88. The van der Waals surface area contributed by atoms with Gasteiger partial charge in [0.25, 0.3) is 5.91 Å². The Morgan fingerprint density at radius 2 is 1.85 bits per heavy atom. The number of hydrogen-bond acceptors (Lipinski definition) is 4. The van der Waals surface area contributed by atoms with Crippen molar-refractivity contribution in [2.75, 3.05) is 25.5 Å². The Morgan fingerprint density at radius 3 is 2.52 bits per heavy atom. The molecule has 7 nitrogen and oxygen atoms in total. The summed E-state index contributed by atoms with van der Waals surface area (Å²) in [5, 5.41) is 2.86. The molecule has 1 aromatic carbocycles. The lowest BCUT2D eigenvalue weighted by atomic mass is 9.91. The fourth-order valence-electron chi connectivity index (χ4n) is 4.42. The van der Waals surface area contributed by atoms with Crippen molar-refractivity contribution in [2.45, 2.75) is 46.6 Å². The molecular formula is C26H34N4O3. The summed E-state index contributed by atoms with van der Waals surface area (Å²) in [6.45, 7) is 8.15. The summed E-state index contributed by atoms with van der Waals surface area (Å²) in [5.74, 6) is 0.451. The molecule has 1 aliphatic rings. The van der Waals surface area contributed by atoms with Crippen LogP contribution < -0.4 is 5.32 Å². The number of piperidine rings is 1. The number of nitrogens with zero attached hydrogens (tertiary/aromatic N) is 3. The summed E-state index contributed by atoms with van der Waals surface area (Å²) < 4.78 is 0. The smallest absolute Gasteiger partial charge is 0.255 e. The zero-order valence-electron chi connectivity index (χ0n) is 20.0. The maximum atomic E-state index is 13.3. The summed E-state index contributed by atoms with van der Waals surface area (Å²) in [4.78, 5) is 45.9. The molecule has 2 heterocycles. The van der Waals surface area contributed by atoms with E-state index in [1.54, 1.807) is 30.4 Å². The number of anilines is 1. The van der Waals surface area contributed by atoms with Gasteiger partial charge in [0, 0.05) is 51.9 Å². The van der Waals surface area contributed by atoms with Crippen LogP contribution in [0.1, 0.15) is 54.6 Å². The van der Waals surface area contributed by atoms with E-state index in [0.29, 0.717) is 29.6 Å². The van der Waals surface area contributed by atoms with E-state index in [1.165, 1.54) is 0 Å². The number of likely N-dealkylation sites (tertiary alicyclic amines) is 1. The van der Waals surface area contributed by atoms with Crippen molar-refractivity contribution in [3.63, 3.8) is 0 Å². The summed E-state index contributed by atoms with van der Waals surface area (Å²) >= 11 is 0. The highest BCUT2D eigenvalue weighted by Crippen LogP contribution is 2.26. The van der Waals surface area contributed by atoms with Crippen molar-refractivity contribution in [2.24, 2.45) is 11.8 Å². The van der Waals surface area contributed by atoms with Crippen LogP contribution in [0.5, 0.6) is 0 Å². The lowest BCUT2D eigenvalue weighted by Gasteiger charge is -2.35. The molecule has 2 atom stereocenters. The first-order valence-electron chi connectivity index (χ1n) is 11.6. The van der Waals surface area contributed by atoms with E-state index in [4.69, 9.17) is 0 Å². The highest BCUT2D eigenvalue weighted by molar-refractivity contribution is 6.04. The molecule has 1 fully saturated rings. The lowest BCUT2D eigenvalue weighted by molar-refractivity contribution is -0.132. The van der Waals surface area contributed by atoms with E-state index in [9.17, 15) is 14.4 Å². The van der Waals surface area contributed by atoms with Crippen LogP contribution >= 0.6 is 0 Å². The summed E-state index contributed by atoms with van der Waals surface area (Å²) in [6, 6.07) is 9.21. The maximum Gasteiger partial charge on any atom is 0.255 e. The van der Waals surface area contributed by atoms with Crippen LogP contribution in [0.4, 0.5) is 5.69 Å². The Morgan fingerprint density at radius 1 is 1.12 bits per heavy atom. The summed E-state index contributed by atoms with van der Waals surface area (Å²) in [5.41, 5.74) is 2.89. The standard InChI is InChI=1S/C26H34N4O3/c1-18-7-8-23(22(13-18)26(33)30-15-19(2)12-20(3)16-30)28-24(31)9-10-25(32)29(4)17-21-6-5-11-27-14-21/h5-8,11,13-14,19-20H,9-10,12,15-17H2,1-4H3,(H,28,31)/t19-,20+. The van der Waals surface area contributed by atoms with Crippen molar-refractivity contribution < 1.29 is 14.4 Å². The molecule has 1 aliphatic heterocycles. The molecule has 0 radical (unpaired) electrons. The Bertz CT molecular complexity index is 982. The molecule has 1 N–H and O–H groups in total. The van der Waals surface area contributed by atoms with E-state index in [2.05, 4.69) is 24.1 Å². The first-order chi connectivity index (χ1) is 15.7. The van der Waals surface area contributed by atoms with E-state index < -0.39 is 0 Å². The van der Waals surface area contributed by atoms with Crippen LogP contribution in [0.25, 0.3) is 0 Å². The second-order valence-electron chi connectivity index (χ2n) is 9.36. The lowest BCUT2D eigenvalue weighted by Crippen LogP contribution is -2.42. The fourth-order valence-corrected chi connectivity index (χ4v) is 4.42. The monoisotopic (exact) mass is 450 g/mol. The van der Waals surface area contributed by atoms with Gasteiger partial charge in [-0.1, -0.05) is 31.5 Å². The molecule has 3 rings (SSSR count). The van der Waals surface area contributed by atoms with Gasteiger partial charge in [0.2, 0.25) is 11.8 Å². The number of aromatic nitrogens is 1. The van der Waals surface area contributed by atoms with Crippen molar-refractivity contribution >= 4 is 23.4 Å². The molecule has 7 heteroatoms. The molecule has 3 amide bonds. The van der Waals surface area contributed by atoms with Crippen LogP contribution in [0.3, 0.4) is 0 Å². The summed E-state index contributed by atoms with van der Waals surface area (Å²) in [7, 11) is 1.71. The van der Waals surface area contributed by atoms with Gasteiger partial charge >= 0.3 is 0 Å². The molecule has 0 unspecified atom stereocenters. The van der Waals surface area contributed by atoms with Crippen LogP contribution in [0.2, 0.25) is 0 Å². The Labute approximate surface area is 196 Å². The minimum atomic E-state index is -0.281. The Kier molecular flexibility index (Phi) is 8.20. The molecule has 0 aliphatic carbocycles. The number of carbonyl (C=O) groups is 3. The molecule has 176 valence electrons. The Balaban J connectivity index is 1.60. The normalized spacial score (nSPS) is 18.0. The van der Waals surface area contributed by atoms with Crippen molar-refractivity contribution in [3.8, 4) is 0 Å². The second-order valence-corrected chi connectivity index (χ2v) is 9.36. The number of benzene rings is 1. The largest absolute Gasteiger partial charge is 0.341 e. The van der Waals surface area contributed by atoms with Gasteiger partial charge < -0.3 is 15.1 Å². The van der Waals surface area contributed by atoms with E-state index in [0.717, 1.165) is 30.6 Å². The van der Waals surface area contributed by atoms with Crippen LogP contribution in [0, 0.1) is 18.8 Å². The molecule has 0 bridgehead atoms. The molecule has 1 saturated heterocycles. The quantitative estimate of drug-likeness (QED) is 0.694. The molecule has 1 aromatic heterocycles. The Hall–Kier alpha value is -3.22. The third-order valence-electron chi connectivity index (χ3n) is 5.97. The third-order valence-corrected chi connectivity index (χ3v) is 5.97. The van der Waals surface area contributed by atoms with Gasteiger partial charge in [0.15, 0.2) is 0 Å². The van der Waals surface area contributed by atoms with Crippen molar-refractivity contribution in [3.05, 3.63) is 59.4 Å². The molecular weight excluding hydrogens is 416 g/mol. The van der Waals surface area contributed by atoms with Crippen LogP contribution in [0.15, 0.2) is 42.7 Å². The molecule has 0 saturated carbocycles. The first-order valence-corrected chi connectivity index (χ1v) is 11.6. The average molecular weight is 451 g/mol. The fraction of sp³-hybridized carbons (Fsp3) is 0.462. The van der Waals surface area contributed by atoms with E-state index in [1.807, 2.05) is 36.1 Å². The SMILES string of the molecule is Cc1ccc(NC(=O)CCC(=O)N(C)Cc2cccnc2)c(C(=O)N2C[C@H](C)C[C@H](C)C2)c1. The van der Waals surface area contributed by atoms with Crippen molar-refractivity contribution in [1.29, 1.82) is 0 Å². The number of aryl methyl sites for hydroxylation is 1. The number of hydrogen-bond donors (Lipinski definition) is 1. The number of amides is 3. The first kappa shape index (κ1) is 24.4. The number of pyridine rings is 1. The van der Waals surface area contributed by atoms with Gasteiger partial charge in [-0.15, -0.1) is 0 Å². The average Bonchev–Trinajstić information content (AvgIpc) is 2.78. The predicted octanol–water partition coefficient (Wildman–Crippen LogP) is 3.89. The van der Waals surface area contributed by atoms with Crippen LogP contribution in [-0.4, -0.2) is 52.6 Å². The zero-order valence-corrected chi connectivity index (χ0v) is 20.0. The van der Waals surface area contributed by atoms with Gasteiger partial charge in [-0.3, -0.25) is 19.4 Å². The topological polar surface area (TPSA) is 82.6 Å². The van der Waals surface area contributed by atoms with Crippen molar-refractivity contribution in [1.82, 2.24) is 14.8 Å². The molecule has 0 spiro atoms. The van der Waals surface area contributed by atoms with Gasteiger partial charge in [0.05, 0.1) is 11.3 Å². The predicted molar refractivity (Wildman–Crippen MR) is 129 cm³/mol. The van der Waals surface area contributed by atoms with E-state index >= 15 is 0 Å². The van der Waals surface area contributed by atoms with Gasteiger partial charge in [-0.05, 0) is 48.9 Å². The highest BCUT2D eigenvalue weighted by Gasteiger charge is 2.27.